The van der Waals surface area contributed by atoms with E-state index in [1.807, 2.05) is 12.1 Å². The van der Waals surface area contributed by atoms with Crippen molar-refractivity contribution in [3.05, 3.63) is 35.4 Å². The Morgan fingerprint density at radius 2 is 2.13 bits per heavy atom. The number of aromatic carboxylic acids is 1. The summed E-state index contributed by atoms with van der Waals surface area (Å²) in [5.41, 5.74) is 0.515. The number of carbonyl (C=O) groups is 1. The van der Waals surface area contributed by atoms with E-state index in [0.717, 1.165) is 12.8 Å². The maximum Gasteiger partial charge on any atom is 0.336 e. The third-order valence-corrected chi connectivity index (χ3v) is 6.49. The van der Waals surface area contributed by atoms with Gasteiger partial charge in [0.2, 0.25) is 0 Å². The monoisotopic (exact) mass is 382 g/mol. The highest BCUT2D eigenvalue weighted by Crippen LogP contribution is 2.57. The highest BCUT2D eigenvalue weighted by atomic mass is 79.9. The number of hydrogen-bond acceptors (Lipinski definition) is 3. The van der Waals surface area contributed by atoms with Gasteiger partial charge < -0.3 is 14.6 Å². The van der Waals surface area contributed by atoms with Gasteiger partial charge in [-0.05, 0) is 30.9 Å². The Labute approximate surface area is 145 Å². The Balaban J connectivity index is 1.75. The maximum atomic E-state index is 11.3. The van der Waals surface area contributed by atoms with Crippen molar-refractivity contribution in [2.75, 3.05) is 0 Å². The normalized spacial score (nSPS) is 35.9. The van der Waals surface area contributed by atoms with E-state index in [9.17, 15) is 9.90 Å². The van der Waals surface area contributed by atoms with Gasteiger partial charge in [-0.2, -0.15) is 0 Å². The van der Waals surface area contributed by atoms with Crippen molar-refractivity contribution in [2.24, 2.45) is 5.92 Å². The molecule has 0 saturated carbocycles. The fourth-order valence-electron chi connectivity index (χ4n) is 3.94. The van der Waals surface area contributed by atoms with Gasteiger partial charge in [-0.3, -0.25) is 0 Å². The lowest BCUT2D eigenvalue weighted by Gasteiger charge is -2.35. The van der Waals surface area contributed by atoms with Crippen LogP contribution in [-0.2, 0) is 16.1 Å². The van der Waals surface area contributed by atoms with Crippen LogP contribution >= 0.6 is 15.9 Å². The molecule has 2 heterocycles. The molecule has 1 N–H and O–H groups in total. The van der Waals surface area contributed by atoms with Gasteiger partial charge in [-0.15, -0.1) is 0 Å². The third-order valence-electron chi connectivity index (χ3n) is 5.39. The molecule has 0 radical (unpaired) electrons. The van der Waals surface area contributed by atoms with E-state index >= 15 is 0 Å². The van der Waals surface area contributed by atoms with Crippen LogP contribution in [0.1, 0.15) is 49.5 Å². The van der Waals surface area contributed by atoms with Gasteiger partial charge in [-0.1, -0.05) is 48.0 Å². The van der Waals surface area contributed by atoms with Gasteiger partial charge in [0.1, 0.15) is 0 Å². The van der Waals surface area contributed by atoms with Crippen molar-refractivity contribution in [3.8, 4) is 0 Å². The van der Waals surface area contributed by atoms with Gasteiger partial charge in [0.25, 0.3) is 0 Å². The molecule has 3 rings (SSSR count). The van der Waals surface area contributed by atoms with Crippen LogP contribution in [0, 0.1) is 5.92 Å². The number of ether oxygens (including phenoxy) is 2. The predicted molar refractivity (Wildman–Crippen MR) is 91.0 cm³/mol. The molecule has 2 aliphatic heterocycles. The molecule has 23 heavy (non-hydrogen) atoms. The first-order valence-electron chi connectivity index (χ1n) is 8.05. The molecule has 4 atom stereocenters. The molecule has 0 spiro atoms. The van der Waals surface area contributed by atoms with Gasteiger partial charge in [-0.25, -0.2) is 4.79 Å². The number of hydrogen-bond donors (Lipinski definition) is 1. The summed E-state index contributed by atoms with van der Waals surface area (Å²) < 4.78 is 12.5. The van der Waals surface area contributed by atoms with Crippen molar-refractivity contribution in [1.82, 2.24) is 0 Å². The zero-order valence-electron chi connectivity index (χ0n) is 13.7. The summed E-state index contributed by atoms with van der Waals surface area (Å²) in [4.78, 5) is 11.6. The molecule has 126 valence electrons. The van der Waals surface area contributed by atoms with E-state index in [-0.39, 0.29) is 17.3 Å². The van der Waals surface area contributed by atoms with E-state index in [1.165, 1.54) is 0 Å². The molecule has 1 aromatic carbocycles. The Hall–Kier alpha value is -0.910. The van der Waals surface area contributed by atoms with E-state index in [2.05, 4.69) is 36.7 Å². The Kier molecular flexibility index (Phi) is 4.32. The van der Waals surface area contributed by atoms with Crippen LogP contribution in [0.15, 0.2) is 24.3 Å². The van der Waals surface area contributed by atoms with E-state index in [0.29, 0.717) is 28.5 Å². The first-order chi connectivity index (χ1) is 10.8. The van der Waals surface area contributed by atoms with Crippen LogP contribution in [-0.4, -0.2) is 33.2 Å². The highest BCUT2D eigenvalue weighted by molar-refractivity contribution is 9.09. The molecular weight excluding hydrogens is 360 g/mol. The van der Waals surface area contributed by atoms with Crippen molar-refractivity contribution >= 4 is 21.9 Å². The van der Waals surface area contributed by atoms with E-state index < -0.39 is 5.97 Å². The predicted octanol–water partition coefficient (Wildman–Crippen LogP) is 4.01. The lowest BCUT2D eigenvalue weighted by atomic mass is 9.75. The summed E-state index contributed by atoms with van der Waals surface area (Å²) in [7, 11) is 0. The topological polar surface area (TPSA) is 55.8 Å². The number of carboxylic acids is 1. The lowest BCUT2D eigenvalue weighted by molar-refractivity contribution is -0.0955. The molecule has 0 unspecified atom stereocenters. The standard InChI is InChI=1S/C18H23BrO4/c1-11(2)18-9-15(17(3,23-18)8-14(18)19)22-10-12-6-4-5-7-13(12)16(20)21/h4-7,11,14-15H,8-10H2,1-3H3,(H,20,21)/t14-,15+,17-,18+/m0/s1. The SMILES string of the molecule is CC(C)[C@]12C[C@@H](OCc3ccccc3C(=O)O)[C@](C)(C[C@@H]1Br)O2. The van der Waals surface area contributed by atoms with Crippen molar-refractivity contribution in [2.45, 2.75) is 62.4 Å². The van der Waals surface area contributed by atoms with Gasteiger partial charge in [0.05, 0.1) is 29.5 Å². The molecular formula is C18H23BrO4. The molecule has 2 bridgehead atoms. The largest absolute Gasteiger partial charge is 0.478 e. The van der Waals surface area contributed by atoms with E-state index in [4.69, 9.17) is 9.47 Å². The first kappa shape index (κ1) is 16.9. The zero-order chi connectivity index (χ0) is 16.8. The van der Waals surface area contributed by atoms with Crippen molar-refractivity contribution in [1.29, 1.82) is 0 Å². The Morgan fingerprint density at radius 1 is 1.43 bits per heavy atom. The average molecular weight is 383 g/mol. The molecule has 2 saturated heterocycles. The molecule has 0 aromatic heterocycles. The van der Waals surface area contributed by atoms with Gasteiger partial charge >= 0.3 is 5.97 Å². The number of carboxylic acid groups (broad SMARTS) is 1. The second kappa shape index (κ2) is 5.87. The summed E-state index contributed by atoms with van der Waals surface area (Å²) in [5.74, 6) is -0.521. The van der Waals surface area contributed by atoms with Crippen molar-refractivity contribution in [3.63, 3.8) is 0 Å². The lowest BCUT2D eigenvalue weighted by Crippen LogP contribution is -2.44. The second-order valence-corrected chi connectivity index (χ2v) is 8.27. The first-order valence-corrected chi connectivity index (χ1v) is 8.97. The summed E-state index contributed by atoms with van der Waals surface area (Å²) in [6.45, 7) is 6.77. The fraction of sp³-hybridized carbons (Fsp3) is 0.611. The maximum absolute atomic E-state index is 11.3. The van der Waals surface area contributed by atoms with E-state index in [1.54, 1.807) is 12.1 Å². The molecule has 5 heteroatoms. The van der Waals surface area contributed by atoms with Crippen LogP contribution in [0.4, 0.5) is 0 Å². The fourth-order valence-corrected chi connectivity index (χ4v) is 5.39. The molecule has 0 aliphatic carbocycles. The number of alkyl halides is 1. The minimum Gasteiger partial charge on any atom is -0.478 e. The number of rotatable bonds is 5. The van der Waals surface area contributed by atoms with Crippen LogP contribution in [0.5, 0.6) is 0 Å². The van der Waals surface area contributed by atoms with Crippen LogP contribution < -0.4 is 0 Å². The quantitative estimate of drug-likeness (QED) is 0.781. The smallest absolute Gasteiger partial charge is 0.336 e. The average Bonchev–Trinajstić information content (AvgIpc) is 2.93. The highest BCUT2D eigenvalue weighted by Gasteiger charge is 2.65. The molecule has 0 amide bonds. The summed E-state index contributed by atoms with van der Waals surface area (Å²) in [6.07, 6.45) is 1.74. The number of fused-ring (bicyclic) bond motifs is 2. The number of benzene rings is 1. The van der Waals surface area contributed by atoms with Crippen LogP contribution in [0.25, 0.3) is 0 Å². The summed E-state index contributed by atoms with van der Waals surface area (Å²) >= 11 is 3.78. The molecule has 2 fully saturated rings. The Bertz CT molecular complexity index is 617. The van der Waals surface area contributed by atoms with Gasteiger partial charge in [0.15, 0.2) is 0 Å². The minimum atomic E-state index is -0.918. The second-order valence-electron chi connectivity index (χ2n) is 7.16. The minimum absolute atomic E-state index is 0.0134. The number of halogens is 1. The molecule has 2 aliphatic rings. The van der Waals surface area contributed by atoms with Gasteiger partial charge in [0, 0.05) is 11.2 Å². The van der Waals surface area contributed by atoms with Crippen LogP contribution in [0.2, 0.25) is 0 Å². The summed E-state index contributed by atoms with van der Waals surface area (Å²) in [6, 6.07) is 7.00. The molecule has 1 aromatic rings. The molecule has 4 nitrogen and oxygen atoms in total. The van der Waals surface area contributed by atoms with Crippen LogP contribution in [0.3, 0.4) is 0 Å². The third kappa shape index (κ3) is 2.73. The Morgan fingerprint density at radius 3 is 2.74 bits per heavy atom. The van der Waals surface area contributed by atoms with Crippen molar-refractivity contribution < 1.29 is 19.4 Å². The summed E-state index contributed by atoms with van der Waals surface area (Å²) in [5, 5.41) is 9.28. The zero-order valence-corrected chi connectivity index (χ0v) is 15.3.